The lowest BCUT2D eigenvalue weighted by molar-refractivity contribution is -0.143. The van der Waals surface area contributed by atoms with Gasteiger partial charge in [0.1, 0.15) is 0 Å². The summed E-state index contributed by atoms with van der Waals surface area (Å²) in [6, 6.07) is 18.6. The summed E-state index contributed by atoms with van der Waals surface area (Å²) in [6.07, 6.45) is 2.78. The van der Waals surface area contributed by atoms with E-state index in [0.717, 1.165) is 16.5 Å². The summed E-state index contributed by atoms with van der Waals surface area (Å²) in [6.45, 7) is -0.372. The molecule has 5 rings (SSSR count). The van der Waals surface area contributed by atoms with Crippen LogP contribution in [0.25, 0.3) is 21.9 Å². The zero-order valence-corrected chi connectivity index (χ0v) is 25.6. The molecule has 44 heavy (non-hydrogen) atoms. The summed E-state index contributed by atoms with van der Waals surface area (Å²) >= 11 is 6.09. The largest absolute Gasteiger partial charge is 0.469 e. The van der Waals surface area contributed by atoms with Gasteiger partial charge in [0.05, 0.1) is 44.0 Å². The fourth-order valence-electron chi connectivity index (χ4n) is 5.43. The maximum atomic E-state index is 14.0. The van der Waals surface area contributed by atoms with Crippen molar-refractivity contribution in [3.8, 4) is 11.1 Å². The number of benzene rings is 3. The summed E-state index contributed by atoms with van der Waals surface area (Å²) in [7, 11) is -1.67. The Morgan fingerprint density at radius 3 is 1.93 bits per heavy atom. The molecule has 0 bridgehead atoms. The topological polar surface area (TPSA) is 123 Å². The summed E-state index contributed by atoms with van der Waals surface area (Å²) in [5, 5.41) is 1.97. The second kappa shape index (κ2) is 13.1. The molecule has 0 unspecified atom stereocenters. The molecule has 0 aliphatic carbocycles. The molecule has 228 valence electrons. The lowest BCUT2D eigenvalue weighted by Crippen LogP contribution is -2.62. The van der Waals surface area contributed by atoms with Gasteiger partial charge in [-0.15, -0.1) is 0 Å². The van der Waals surface area contributed by atoms with E-state index in [1.165, 1.54) is 29.5 Å². The van der Waals surface area contributed by atoms with E-state index in [2.05, 4.69) is 4.98 Å². The fraction of sp³-hybridized carbons (Fsp3) is 0.250. The smallest absolute Gasteiger partial charge is 0.307 e. The van der Waals surface area contributed by atoms with Gasteiger partial charge in [-0.1, -0.05) is 35.9 Å². The first-order valence-corrected chi connectivity index (χ1v) is 15.6. The monoisotopic (exact) mass is 635 g/mol. The average Bonchev–Trinajstić information content (AvgIpc) is 3.04. The van der Waals surface area contributed by atoms with Gasteiger partial charge in [0.25, 0.3) is 5.91 Å². The van der Waals surface area contributed by atoms with Crippen LogP contribution in [0, 0.1) is 0 Å². The molecule has 2 heterocycles. The molecule has 0 saturated carbocycles. The second-order valence-electron chi connectivity index (χ2n) is 10.4. The highest BCUT2D eigenvalue weighted by Crippen LogP contribution is 2.31. The third-order valence-electron chi connectivity index (χ3n) is 7.67. The Morgan fingerprint density at radius 2 is 1.34 bits per heavy atom. The van der Waals surface area contributed by atoms with E-state index < -0.39 is 40.0 Å². The van der Waals surface area contributed by atoms with Gasteiger partial charge in [-0.2, -0.15) is 4.31 Å². The third kappa shape index (κ3) is 6.59. The molecule has 2 atom stereocenters. The summed E-state index contributed by atoms with van der Waals surface area (Å²) in [5.41, 5.74) is 2.11. The van der Waals surface area contributed by atoms with Crippen LogP contribution in [-0.4, -0.2) is 79.8 Å². The Hall–Kier alpha value is -4.32. The number of fused-ring (bicyclic) bond motifs is 1. The first-order chi connectivity index (χ1) is 21.1. The molecule has 3 aromatic carbocycles. The van der Waals surface area contributed by atoms with Gasteiger partial charge in [-0.05, 0) is 70.4 Å². The molecule has 0 spiro atoms. The number of hydrogen-bond donors (Lipinski definition) is 0. The van der Waals surface area contributed by atoms with Crippen LogP contribution in [0.5, 0.6) is 0 Å². The van der Waals surface area contributed by atoms with E-state index in [9.17, 15) is 22.8 Å². The fourth-order valence-corrected chi connectivity index (χ4v) is 7.16. The number of ether oxygens (including phenoxy) is 2. The van der Waals surface area contributed by atoms with Crippen molar-refractivity contribution in [2.24, 2.45) is 0 Å². The number of pyridine rings is 1. The maximum absolute atomic E-state index is 14.0. The number of aromatic nitrogens is 1. The number of hydrogen-bond acceptors (Lipinski definition) is 8. The van der Waals surface area contributed by atoms with Gasteiger partial charge >= 0.3 is 11.9 Å². The van der Waals surface area contributed by atoms with Crippen LogP contribution < -0.4 is 0 Å². The molecular formula is C32H30ClN3O7S. The van der Waals surface area contributed by atoms with Crippen molar-refractivity contribution in [2.75, 3.05) is 27.3 Å². The quantitative estimate of drug-likeness (QED) is 0.258. The van der Waals surface area contributed by atoms with Gasteiger partial charge in [0.2, 0.25) is 10.0 Å². The van der Waals surface area contributed by atoms with Gasteiger partial charge in [-0.25, -0.2) is 8.42 Å². The number of methoxy groups -OCH3 is 2. The Balaban J connectivity index is 1.51. The van der Waals surface area contributed by atoms with E-state index in [0.29, 0.717) is 16.0 Å². The number of halogens is 1. The van der Waals surface area contributed by atoms with Crippen molar-refractivity contribution >= 4 is 50.2 Å². The van der Waals surface area contributed by atoms with E-state index in [-0.39, 0.29) is 30.8 Å². The zero-order chi connectivity index (χ0) is 31.4. The Morgan fingerprint density at radius 1 is 0.795 bits per heavy atom. The highest BCUT2D eigenvalue weighted by Gasteiger charge is 2.44. The number of amides is 1. The number of rotatable bonds is 8. The predicted molar refractivity (Wildman–Crippen MR) is 164 cm³/mol. The lowest BCUT2D eigenvalue weighted by Gasteiger charge is -2.45. The second-order valence-corrected chi connectivity index (χ2v) is 12.7. The van der Waals surface area contributed by atoms with Gasteiger partial charge in [-0.3, -0.25) is 19.4 Å². The number of piperazine rings is 1. The molecule has 0 N–H and O–H groups in total. The number of nitrogens with zero attached hydrogens (tertiary/aromatic N) is 3. The van der Waals surface area contributed by atoms with Crippen LogP contribution in [0.3, 0.4) is 0 Å². The normalized spacial score (nSPS) is 17.3. The molecule has 1 amide bonds. The minimum atomic E-state index is -4.11. The predicted octanol–water partition coefficient (Wildman–Crippen LogP) is 4.57. The summed E-state index contributed by atoms with van der Waals surface area (Å²) < 4.78 is 39.0. The lowest BCUT2D eigenvalue weighted by atomic mass is 9.99. The molecule has 10 nitrogen and oxygen atoms in total. The van der Waals surface area contributed by atoms with Crippen LogP contribution in [0.4, 0.5) is 0 Å². The van der Waals surface area contributed by atoms with Crippen molar-refractivity contribution in [1.82, 2.24) is 14.2 Å². The molecule has 12 heteroatoms. The standard InChI is InChI=1S/C32H30ClN3O7S/c1-42-30(37)17-27-19-35(44(40,41)29-10-8-24-15-26(33)9-7-25(24)16-29)20-28(18-31(38)43-2)36(27)32(39)23-5-3-21(4-6-23)22-11-13-34-14-12-22/h3-16,27-28H,17-20H2,1-2H3/t27-,28-/m1/s1. The van der Waals surface area contributed by atoms with Crippen LogP contribution in [-0.2, 0) is 29.1 Å². The Kier molecular flexibility index (Phi) is 9.28. The highest BCUT2D eigenvalue weighted by molar-refractivity contribution is 7.89. The minimum Gasteiger partial charge on any atom is -0.469 e. The summed E-state index contributed by atoms with van der Waals surface area (Å²) in [5.74, 6) is -1.70. The van der Waals surface area contributed by atoms with E-state index in [4.69, 9.17) is 21.1 Å². The van der Waals surface area contributed by atoms with Crippen LogP contribution >= 0.6 is 11.6 Å². The first kappa shape index (κ1) is 31.1. The molecule has 1 fully saturated rings. The average molecular weight is 636 g/mol. The van der Waals surface area contributed by atoms with Crippen LogP contribution in [0.2, 0.25) is 5.02 Å². The van der Waals surface area contributed by atoms with Crippen molar-refractivity contribution < 1.29 is 32.3 Å². The number of carbonyl (C=O) groups excluding carboxylic acids is 3. The summed E-state index contributed by atoms with van der Waals surface area (Å²) in [4.78, 5) is 44.6. The zero-order valence-electron chi connectivity index (χ0n) is 24.1. The molecule has 0 radical (unpaired) electrons. The molecule has 1 aliphatic heterocycles. The number of sulfonamides is 1. The van der Waals surface area contributed by atoms with Gasteiger partial charge < -0.3 is 14.4 Å². The molecular weight excluding hydrogens is 606 g/mol. The molecule has 1 saturated heterocycles. The Bertz CT molecular complexity index is 1770. The van der Waals surface area contributed by atoms with E-state index in [1.807, 2.05) is 12.1 Å². The number of carbonyl (C=O) groups is 3. The van der Waals surface area contributed by atoms with Crippen molar-refractivity contribution in [2.45, 2.75) is 29.8 Å². The van der Waals surface area contributed by atoms with Gasteiger partial charge in [0, 0.05) is 36.1 Å². The van der Waals surface area contributed by atoms with Gasteiger partial charge in [0.15, 0.2) is 0 Å². The maximum Gasteiger partial charge on any atom is 0.307 e. The molecule has 1 aromatic heterocycles. The SMILES string of the molecule is COC(=O)C[C@@H]1CN(S(=O)(=O)c2ccc3cc(Cl)ccc3c2)C[C@@H](CC(=O)OC)N1C(=O)c1ccc(-c2ccncc2)cc1. The first-order valence-electron chi connectivity index (χ1n) is 13.8. The van der Waals surface area contributed by atoms with E-state index >= 15 is 0 Å². The van der Waals surface area contributed by atoms with Crippen molar-refractivity contribution in [1.29, 1.82) is 0 Å². The number of esters is 2. The highest BCUT2D eigenvalue weighted by atomic mass is 35.5. The molecule has 4 aromatic rings. The minimum absolute atomic E-state index is 0.0347. The van der Waals surface area contributed by atoms with Crippen molar-refractivity contribution in [3.63, 3.8) is 0 Å². The van der Waals surface area contributed by atoms with Crippen LogP contribution in [0.15, 0.2) is 90.1 Å². The Labute approximate surface area is 260 Å². The van der Waals surface area contributed by atoms with Crippen LogP contribution in [0.1, 0.15) is 23.2 Å². The van der Waals surface area contributed by atoms with E-state index in [1.54, 1.807) is 67.0 Å². The third-order valence-corrected chi connectivity index (χ3v) is 9.73. The molecule has 1 aliphatic rings. The van der Waals surface area contributed by atoms with Crippen molar-refractivity contribution in [3.05, 3.63) is 95.8 Å².